The molecule has 0 radical (unpaired) electrons. The first-order valence-electron chi connectivity index (χ1n) is 5.32. The first-order valence-corrected chi connectivity index (χ1v) is 6.81. The number of hydrogen-bond donors (Lipinski definition) is 4. The van der Waals surface area contributed by atoms with Crippen molar-refractivity contribution in [3.05, 3.63) is 11.9 Å². The van der Waals surface area contributed by atoms with Crippen LogP contribution in [0.25, 0.3) is 0 Å². The van der Waals surface area contributed by atoms with Crippen LogP contribution in [-0.4, -0.2) is 44.5 Å². The number of halogens is 1. The van der Waals surface area contributed by atoms with Gasteiger partial charge in [-0.2, -0.15) is 4.72 Å². The molecule has 0 saturated carbocycles. The molecule has 1 amide bonds. The van der Waals surface area contributed by atoms with Crippen molar-refractivity contribution in [1.29, 1.82) is 0 Å². The molecule has 8 nitrogen and oxygen atoms in total. The van der Waals surface area contributed by atoms with Crippen molar-refractivity contribution < 1.29 is 17.9 Å². The lowest BCUT2D eigenvalue weighted by molar-refractivity contribution is 0.0986. The standard InChI is InChI=1S/C9H12N4O4S.ClH/c10-8(14)6-7-5(1-12-6)18(15,16)13-9(4-17-7)2-11-3-9;/h1,11-13H,2-4H2,(H2,10,14);1H. The van der Waals surface area contributed by atoms with Crippen LogP contribution in [0.2, 0.25) is 0 Å². The lowest BCUT2D eigenvalue weighted by Crippen LogP contribution is -2.70. The van der Waals surface area contributed by atoms with Gasteiger partial charge in [-0.05, 0) is 0 Å². The molecule has 5 N–H and O–H groups in total. The Hall–Kier alpha value is -1.29. The molecule has 1 fully saturated rings. The van der Waals surface area contributed by atoms with Crippen LogP contribution in [0.4, 0.5) is 0 Å². The number of rotatable bonds is 1. The number of primary amides is 1. The quantitative estimate of drug-likeness (QED) is 0.505. The number of fused-ring (bicyclic) bond motifs is 1. The molecule has 0 unspecified atom stereocenters. The summed E-state index contributed by atoms with van der Waals surface area (Å²) in [6.07, 6.45) is 1.21. The highest BCUT2D eigenvalue weighted by Gasteiger charge is 2.45. The molecule has 0 aliphatic carbocycles. The van der Waals surface area contributed by atoms with Crippen LogP contribution in [-0.2, 0) is 10.0 Å². The largest absolute Gasteiger partial charge is 0.488 e. The third kappa shape index (κ3) is 2.08. The molecule has 0 bridgehead atoms. The number of aromatic amines is 1. The van der Waals surface area contributed by atoms with Crippen LogP contribution in [0, 0.1) is 0 Å². The summed E-state index contributed by atoms with van der Waals surface area (Å²) in [5.74, 6) is -0.757. The second-order valence-corrected chi connectivity index (χ2v) is 6.15. The van der Waals surface area contributed by atoms with Crippen LogP contribution in [0.1, 0.15) is 10.5 Å². The zero-order valence-corrected chi connectivity index (χ0v) is 11.4. The van der Waals surface area contributed by atoms with Gasteiger partial charge in [0.1, 0.15) is 17.2 Å². The molecule has 3 heterocycles. The lowest BCUT2D eigenvalue weighted by Gasteiger charge is -2.40. The summed E-state index contributed by atoms with van der Waals surface area (Å²) in [7, 11) is -3.71. The molecule has 1 aromatic rings. The maximum Gasteiger partial charge on any atom is 0.269 e. The second kappa shape index (κ2) is 4.37. The Balaban J connectivity index is 0.00000133. The van der Waals surface area contributed by atoms with Crippen molar-refractivity contribution in [1.82, 2.24) is 15.0 Å². The second-order valence-electron chi connectivity index (χ2n) is 4.50. The van der Waals surface area contributed by atoms with Crippen LogP contribution in [0.15, 0.2) is 11.1 Å². The Morgan fingerprint density at radius 2 is 2.11 bits per heavy atom. The van der Waals surface area contributed by atoms with E-state index >= 15 is 0 Å². The molecule has 0 aromatic carbocycles. The molecule has 19 heavy (non-hydrogen) atoms. The predicted octanol–water partition coefficient (Wildman–Crippen LogP) is -1.45. The molecule has 3 rings (SSSR count). The summed E-state index contributed by atoms with van der Waals surface area (Å²) in [4.78, 5) is 13.6. The van der Waals surface area contributed by atoms with Gasteiger partial charge in [0.05, 0.1) is 5.54 Å². The van der Waals surface area contributed by atoms with E-state index in [0.717, 1.165) is 0 Å². The third-order valence-electron chi connectivity index (χ3n) is 3.10. The van der Waals surface area contributed by atoms with Crippen LogP contribution in [0.5, 0.6) is 5.75 Å². The highest BCUT2D eigenvalue weighted by Crippen LogP contribution is 2.33. The Morgan fingerprint density at radius 1 is 1.42 bits per heavy atom. The van der Waals surface area contributed by atoms with E-state index in [1.807, 2.05) is 0 Å². The molecule has 2 aliphatic heterocycles. The SMILES string of the molecule is Cl.NC(=O)c1[nH]cc2c1OCC1(CNC1)NS2(=O)=O. The maximum atomic E-state index is 12.1. The Bertz CT molecular complexity index is 622. The molecule has 1 aromatic heterocycles. The molecule has 106 valence electrons. The number of ether oxygens (including phenoxy) is 1. The molecule has 2 aliphatic rings. The van der Waals surface area contributed by atoms with Crippen molar-refractivity contribution in [3.8, 4) is 5.75 Å². The van der Waals surface area contributed by atoms with Gasteiger partial charge in [-0.15, -0.1) is 12.4 Å². The summed E-state index contributed by atoms with van der Waals surface area (Å²) in [6.45, 7) is 1.14. The van der Waals surface area contributed by atoms with Gasteiger partial charge in [-0.1, -0.05) is 0 Å². The van der Waals surface area contributed by atoms with Gasteiger partial charge >= 0.3 is 0 Å². The number of sulfonamides is 1. The zero-order chi connectivity index (χ0) is 13.0. The number of H-pyrrole nitrogens is 1. The number of amides is 1. The summed E-state index contributed by atoms with van der Waals surface area (Å²) < 4.78 is 32.3. The van der Waals surface area contributed by atoms with Crippen molar-refractivity contribution in [2.75, 3.05) is 19.7 Å². The third-order valence-corrected chi connectivity index (χ3v) is 4.69. The number of aromatic nitrogens is 1. The predicted molar refractivity (Wildman–Crippen MR) is 68.0 cm³/mol. The molecule has 10 heteroatoms. The maximum absolute atomic E-state index is 12.1. The van der Waals surface area contributed by atoms with E-state index in [0.29, 0.717) is 13.1 Å². The van der Waals surface area contributed by atoms with Crippen molar-refractivity contribution >= 4 is 28.3 Å². The Labute approximate surface area is 115 Å². The normalized spacial score (nSPS) is 22.3. The van der Waals surface area contributed by atoms with Crippen LogP contribution < -0.4 is 20.5 Å². The van der Waals surface area contributed by atoms with Crippen LogP contribution in [0.3, 0.4) is 0 Å². The van der Waals surface area contributed by atoms with Crippen molar-refractivity contribution in [2.24, 2.45) is 5.73 Å². The highest BCUT2D eigenvalue weighted by molar-refractivity contribution is 7.89. The molecular formula is C9H13ClN4O4S. The number of carbonyl (C=O) groups is 1. The fourth-order valence-electron chi connectivity index (χ4n) is 2.10. The van der Waals surface area contributed by atoms with Gasteiger partial charge in [0.15, 0.2) is 5.75 Å². The fourth-order valence-corrected chi connectivity index (χ4v) is 3.60. The average Bonchev–Trinajstić information content (AvgIpc) is 2.61. The van der Waals surface area contributed by atoms with E-state index < -0.39 is 21.5 Å². The summed E-state index contributed by atoms with van der Waals surface area (Å²) >= 11 is 0. The van der Waals surface area contributed by atoms with E-state index in [2.05, 4.69) is 15.0 Å². The van der Waals surface area contributed by atoms with E-state index in [1.54, 1.807) is 0 Å². The monoisotopic (exact) mass is 308 g/mol. The molecule has 1 spiro atoms. The first kappa shape index (κ1) is 14.1. The van der Waals surface area contributed by atoms with Gasteiger partial charge < -0.3 is 20.8 Å². The minimum atomic E-state index is -3.71. The minimum Gasteiger partial charge on any atom is -0.488 e. The zero-order valence-electron chi connectivity index (χ0n) is 9.73. The van der Waals surface area contributed by atoms with E-state index in [9.17, 15) is 13.2 Å². The molecule has 1 saturated heterocycles. The summed E-state index contributed by atoms with van der Waals surface area (Å²) in [6, 6.07) is 0. The Morgan fingerprint density at radius 3 is 2.63 bits per heavy atom. The Kier molecular flexibility index (Phi) is 3.25. The van der Waals surface area contributed by atoms with Gasteiger partial charge in [-0.25, -0.2) is 8.42 Å². The highest BCUT2D eigenvalue weighted by atomic mass is 35.5. The number of carbonyl (C=O) groups excluding carboxylic acids is 1. The average molecular weight is 309 g/mol. The smallest absolute Gasteiger partial charge is 0.269 e. The minimum absolute atomic E-state index is 0. The van der Waals surface area contributed by atoms with Gasteiger partial charge in [-0.3, -0.25) is 4.79 Å². The van der Waals surface area contributed by atoms with Gasteiger partial charge in [0.25, 0.3) is 5.91 Å². The lowest BCUT2D eigenvalue weighted by atomic mass is 9.95. The number of nitrogens with two attached hydrogens (primary N) is 1. The molecule has 0 atom stereocenters. The van der Waals surface area contributed by atoms with Gasteiger partial charge in [0, 0.05) is 19.3 Å². The molecular weight excluding hydrogens is 296 g/mol. The number of hydrogen-bond acceptors (Lipinski definition) is 5. The fraction of sp³-hybridized carbons (Fsp3) is 0.444. The number of nitrogens with one attached hydrogen (secondary N) is 3. The summed E-state index contributed by atoms with van der Waals surface area (Å²) in [5.41, 5.74) is 4.49. The summed E-state index contributed by atoms with van der Waals surface area (Å²) in [5, 5.41) is 2.99. The van der Waals surface area contributed by atoms with E-state index in [4.69, 9.17) is 10.5 Å². The van der Waals surface area contributed by atoms with Gasteiger partial charge in [0.2, 0.25) is 10.0 Å². The van der Waals surface area contributed by atoms with Crippen molar-refractivity contribution in [3.63, 3.8) is 0 Å². The van der Waals surface area contributed by atoms with Crippen LogP contribution >= 0.6 is 12.4 Å². The van der Waals surface area contributed by atoms with E-state index in [1.165, 1.54) is 6.20 Å². The topological polar surface area (TPSA) is 126 Å². The first-order chi connectivity index (χ1) is 8.44. The van der Waals surface area contributed by atoms with Crippen molar-refractivity contribution in [2.45, 2.75) is 10.4 Å². The van der Waals surface area contributed by atoms with E-state index in [-0.39, 0.29) is 35.4 Å².